The number of nitrogens with one attached hydrogen (secondary N) is 1. The molecule has 2 heterocycles. The third-order valence-electron chi connectivity index (χ3n) is 5.10. The van der Waals surface area contributed by atoms with Crippen molar-refractivity contribution < 1.29 is 14.5 Å². The number of benzene rings is 1. The summed E-state index contributed by atoms with van der Waals surface area (Å²) in [5, 5.41) is 18.0. The minimum absolute atomic E-state index is 0.0978. The normalized spacial score (nSPS) is 13.0. The van der Waals surface area contributed by atoms with Crippen molar-refractivity contribution in [2.45, 2.75) is 39.2 Å². The van der Waals surface area contributed by atoms with Crippen LogP contribution in [0.2, 0.25) is 0 Å². The molecule has 0 saturated heterocycles. The van der Waals surface area contributed by atoms with Gasteiger partial charge in [-0.15, -0.1) is 11.3 Å². The van der Waals surface area contributed by atoms with Crippen molar-refractivity contribution in [3.8, 4) is 0 Å². The molecule has 0 unspecified atom stereocenters. The summed E-state index contributed by atoms with van der Waals surface area (Å²) in [4.78, 5) is 37.2. The molecule has 0 spiro atoms. The number of aromatic nitrogens is 2. The number of hydrogen-bond acceptors (Lipinski definition) is 6. The number of ketones is 1. The van der Waals surface area contributed by atoms with Crippen LogP contribution in [0.3, 0.4) is 0 Å². The number of carbonyl (C=O) groups excluding carboxylic acids is 2. The van der Waals surface area contributed by atoms with Gasteiger partial charge in [-0.1, -0.05) is 29.8 Å². The van der Waals surface area contributed by atoms with E-state index in [-0.39, 0.29) is 23.9 Å². The number of rotatable bonds is 6. The van der Waals surface area contributed by atoms with Crippen LogP contribution in [0.25, 0.3) is 0 Å². The first-order valence-electron chi connectivity index (χ1n) is 9.65. The third kappa shape index (κ3) is 4.02. The molecule has 8 nitrogen and oxygen atoms in total. The van der Waals surface area contributed by atoms with E-state index >= 15 is 0 Å². The molecule has 0 radical (unpaired) electrons. The molecule has 1 aliphatic rings. The van der Waals surface area contributed by atoms with E-state index in [0.717, 1.165) is 47.9 Å². The zero-order valence-electron chi connectivity index (χ0n) is 16.4. The summed E-state index contributed by atoms with van der Waals surface area (Å²) in [7, 11) is 0. The number of fused-ring (bicyclic) bond motifs is 1. The molecule has 9 heteroatoms. The van der Waals surface area contributed by atoms with E-state index in [0.29, 0.717) is 16.1 Å². The van der Waals surface area contributed by atoms with Gasteiger partial charge in [-0.25, -0.2) is 0 Å². The lowest BCUT2D eigenvalue weighted by molar-refractivity contribution is -0.385. The molecule has 30 heavy (non-hydrogen) atoms. The van der Waals surface area contributed by atoms with Crippen molar-refractivity contribution in [3.05, 3.63) is 73.9 Å². The zero-order chi connectivity index (χ0) is 21.3. The van der Waals surface area contributed by atoms with Gasteiger partial charge in [-0.3, -0.25) is 24.4 Å². The van der Waals surface area contributed by atoms with Crippen LogP contribution in [0.5, 0.6) is 0 Å². The average molecular weight is 424 g/mol. The van der Waals surface area contributed by atoms with Crippen molar-refractivity contribution in [2.24, 2.45) is 0 Å². The van der Waals surface area contributed by atoms with Crippen molar-refractivity contribution in [1.82, 2.24) is 9.78 Å². The molecular weight excluding hydrogens is 404 g/mol. The maximum Gasteiger partial charge on any atom is 0.307 e. The summed E-state index contributed by atoms with van der Waals surface area (Å²) < 4.78 is 1.21. The molecule has 1 aliphatic carbocycles. The van der Waals surface area contributed by atoms with Crippen molar-refractivity contribution >= 4 is 33.7 Å². The molecule has 0 fully saturated rings. The minimum atomic E-state index is -0.562. The Morgan fingerprint density at radius 2 is 1.97 bits per heavy atom. The predicted molar refractivity (Wildman–Crippen MR) is 113 cm³/mol. The SMILES string of the molecule is Cc1ccc(C(=O)c2c(NC(=O)Cn3cc([N+](=O)[O-])cn3)sc3c2CCCC3)cc1. The molecule has 1 aromatic carbocycles. The monoisotopic (exact) mass is 424 g/mol. The number of hydrogen-bond donors (Lipinski definition) is 1. The number of nitrogens with zero attached hydrogens (tertiary/aromatic N) is 3. The average Bonchev–Trinajstić information content (AvgIpc) is 3.32. The van der Waals surface area contributed by atoms with Gasteiger partial charge in [0.05, 0.1) is 10.5 Å². The molecule has 0 aliphatic heterocycles. The van der Waals surface area contributed by atoms with Gasteiger partial charge in [0.1, 0.15) is 23.9 Å². The number of anilines is 1. The highest BCUT2D eigenvalue weighted by Gasteiger charge is 2.27. The first kappa shape index (κ1) is 20.0. The first-order valence-corrected chi connectivity index (χ1v) is 10.5. The largest absolute Gasteiger partial charge is 0.315 e. The van der Waals surface area contributed by atoms with Crippen LogP contribution in [-0.2, 0) is 24.2 Å². The summed E-state index contributed by atoms with van der Waals surface area (Å²) >= 11 is 1.45. The second kappa shape index (κ2) is 8.19. The van der Waals surface area contributed by atoms with Crippen LogP contribution in [0.15, 0.2) is 36.7 Å². The molecule has 1 N–H and O–H groups in total. The molecule has 2 aromatic heterocycles. The summed E-state index contributed by atoms with van der Waals surface area (Å²) in [5.74, 6) is -0.482. The molecule has 0 saturated carbocycles. The highest BCUT2D eigenvalue weighted by atomic mass is 32.1. The second-order valence-electron chi connectivity index (χ2n) is 7.31. The Labute approximate surface area is 176 Å². The van der Waals surface area contributed by atoms with Gasteiger partial charge in [0.2, 0.25) is 5.91 Å². The van der Waals surface area contributed by atoms with E-state index in [9.17, 15) is 19.7 Å². The maximum absolute atomic E-state index is 13.3. The molecule has 0 atom stereocenters. The highest BCUT2D eigenvalue weighted by molar-refractivity contribution is 7.17. The molecular formula is C21H20N4O4S. The van der Waals surface area contributed by atoms with E-state index in [2.05, 4.69) is 10.4 Å². The number of nitro groups is 1. The van der Waals surface area contributed by atoms with E-state index in [1.165, 1.54) is 22.2 Å². The Morgan fingerprint density at radius 3 is 2.67 bits per heavy atom. The molecule has 0 bridgehead atoms. The maximum atomic E-state index is 13.3. The number of thiophene rings is 1. The quantitative estimate of drug-likeness (QED) is 0.367. The summed E-state index contributed by atoms with van der Waals surface area (Å²) in [6.07, 6.45) is 6.11. The van der Waals surface area contributed by atoms with Gasteiger partial charge >= 0.3 is 5.69 Å². The van der Waals surface area contributed by atoms with Crippen LogP contribution in [0.1, 0.15) is 44.8 Å². The number of amides is 1. The fourth-order valence-electron chi connectivity index (χ4n) is 3.59. The second-order valence-corrected chi connectivity index (χ2v) is 8.42. The van der Waals surface area contributed by atoms with Gasteiger partial charge < -0.3 is 5.32 Å². The smallest absolute Gasteiger partial charge is 0.307 e. The lowest BCUT2D eigenvalue weighted by Crippen LogP contribution is -2.20. The Morgan fingerprint density at radius 1 is 1.23 bits per heavy atom. The molecule has 4 rings (SSSR count). The van der Waals surface area contributed by atoms with E-state index < -0.39 is 4.92 Å². The summed E-state index contributed by atoms with van der Waals surface area (Å²) in [6, 6.07) is 7.40. The lowest BCUT2D eigenvalue weighted by Gasteiger charge is -2.13. The van der Waals surface area contributed by atoms with Gasteiger partial charge in [0.15, 0.2) is 5.78 Å². The van der Waals surface area contributed by atoms with E-state index in [1.54, 1.807) is 12.1 Å². The van der Waals surface area contributed by atoms with Gasteiger partial charge in [0, 0.05) is 10.4 Å². The topological polar surface area (TPSA) is 107 Å². The first-order chi connectivity index (χ1) is 14.4. The van der Waals surface area contributed by atoms with Crippen molar-refractivity contribution in [2.75, 3.05) is 5.32 Å². The summed E-state index contributed by atoms with van der Waals surface area (Å²) in [5.41, 5.74) is 3.08. The van der Waals surface area contributed by atoms with Gasteiger partial charge in [0.25, 0.3) is 0 Å². The Hall–Kier alpha value is -3.33. The van der Waals surface area contributed by atoms with E-state index in [4.69, 9.17) is 0 Å². The van der Waals surface area contributed by atoms with Crippen molar-refractivity contribution in [3.63, 3.8) is 0 Å². The van der Waals surface area contributed by atoms with Gasteiger partial charge in [-0.2, -0.15) is 5.10 Å². The fraction of sp³-hybridized carbons (Fsp3) is 0.286. The molecule has 154 valence electrons. The predicted octanol–water partition coefficient (Wildman–Crippen LogP) is 3.91. The minimum Gasteiger partial charge on any atom is -0.315 e. The standard InChI is InChI=1S/C21H20N4O4S/c1-13-6-8-14(9-7-13)20(27)19-16-4-2-3-5-17(16)30-21(19)23-18(26)12-24-11-15(10-22-24)25(28)29/h6-11H,2-5,12H2,1H3,(H,23,26). The lowest BCUT2D eigenvalue weighted by atomic mass is 9.91. The third-order valence-corrected chi connectivity index (χ3v) is 6.31. The Balaban J connectivity index is 1.61. The van der Waals surface area contributed by atoms with Crippen LogP contribution in [0, 0.1) is 17.0 Å². The zero-order valence-corrected chi connectivity index (χ0v) is 17.2. The van der Waals surface area contributed by atoms with Crippen LogP contribution in [-0.4, -0.2) is 26.4 Å². The van der Waals surface area contributed by atoms with Crippen LogP contribution in [0.4, 0.5) is 10.7 Å². The Bertz CT molecular complexity index is 1130. The Kier molecular flexibility index (Phi) is 5.45. The van der Waals surface area contributed by atoms with Crippen molar-refractivity contribution in [1.29, 1.82) is 0 Å². The number of aryl methyl sites for hydroxylation is 2. The highest BCUT2D eigenvalue weighted by Crippen LogP contribution is 2.39. The van der Waals surface area contributed by atoms with E-state index in [1.807, 2.05) is 19.1 Å². The van der Waals surface area contributed by atoms with Crippen LogP contribution < -0.4 is 5.32 Å². The number of carbonyl (C=O) groups is 2. The summed E-state index contributed by atoms with van der Waals surface area (Å²) in [6.45, 7) is 1.79. The molecule has 3 aromatic rings. The fourth-order valence-corrected chi connectivity index (χ4v) is 4.89. The molecule has 1 amide bonds. The van der Waals surface area contributed by atoms with Crippen LogP contribution >= 0.6 is 11.3 Å². The van der Waals surface area contributed by atoms with Gasteiger partial charge in [-0.05, 0) is 38.2 Å².